The summed E-state index contributed by atoms with van der Waals surface area (Å²) in [5, 5.41) is 2.86. The zero-order valence-electron chi connectivity index (χ0n) is 13.7. The first-order valence-electron chi connectivity index (χ1n) is 8.40. The normalized spacial score (nSPS) is 12.7. The number of fused-ring (bicyclic) bond motifs is 1. The number of rotatable bonds is 9. The summed E-state index contributed by atoms with van der Waals surface area (Å²) < 4.78 is 10.9. The van der Waals surface area contributed by atoms with Gasteiger partial charge >= 0.3 is 0 Å². The van der Waals surface area contributed by atoms with Crippen molar-refractivity contribution in [3.63, 3.8) is 0 Å². The van der Waals surface area contributed by atoms with Gasteiger partial charge in [-0.05, 0) is 24.6 Å². The molecule has 1 aromatic carbocycles. The Balaban J connectivity index is 1.73. The molecule has 0 aromatic heterocycles. The molecule has 0 radical (unpaired) electrons. The number of amides is 1. The Hall–Kier alpha value is -2.04. The number of hydrogen-bond donors (Lipinski definition) is 1. The van der Waals surface area contributed by atoms with Crippen LogP contribution in [0.2, 0.25) is 0 Å². The lowest BCUT2D eigenvalue weighted by Gasteiger charge is -2.18. The smallest absolute Gasteiger partial charge is 0.220 e. The van der Waals surface area contributed by atoms with Crippen LogP contribution >= 0.6 is 0 Å². The van der Waals surface area contributed by atoms with Crippen molar-refractivity contribution in [1.82, 2.24) is 5.32 Å². The number of benzene rings is 1. The first-order chi connectivity index (χ1) is 11.2. The number of Topliss-reactive ketones (excluding diaryl/α,β-unsaturated/α-hetero) is 1. The van der Waals surface area contributed by atoms with E-state index in [0.717, 1.165) is 12.8 Å². The molecule has 1 aliphatic heterocycles. The molecule has 1 N–H and O–H groups in total. The molecule has 23 heavy (non-hydrogen) atoms. The van der Waals surface area contributed by atoms with Gasteiger partial charge < -0.3 is 14.8 Å². The summed E-state index contributed by atoms with van der Waals surface area (Å²) >= 11 is 0. The SMILES string of the molecule is CCCCCCNC(=O)CCC(=O)c1ccc2c(c1)OCCO2. The number of unbranched alkanes of at least 4 members (excludes halogenated alkanes) is 3. The minimum atomic E-state index is -0.0626. The topological polar surface area (TPSA) is 64.6 Å². The van der Waals surface area contributed by atoms with Gasteiger partial charge in [0, 0.05) is 24.9 Å². The largest absolute Gasteiger partial charge is 0.486 e. The molecular formula is C18H25NO4. The van der Waals surface area contributed by atoms with Crippen LogP contribution in [0.5, 0.6) is 11.5 Å². The highest BCUT2D eigenvalue weighted by molar-refractivity contribution is 5.98. The third-order valence-corrected chi connectivity index (χ3v) is 3.80. The van der Waals surface area contributed by atoms with Gasteiger partial charge in [0.15, 0.2) is 17.3 Å². The summed E-state index contributed by atoms with van der Waals surface area (Å²) in [7, 11) is 0. The van der Waals surface area contributed by atoms with Gasteiger partial charge in [-0.2, -0.15) is 0 Å². The van der Waals surface area contributed by atoms with Gasteiger partial charge in [0.2, 0.25) is 5.91 Å². The van der Waals surface area contributed by atoms with E-state index in [9.17, 15) is 9.59 Å². The first-order valence-corrected chi connectivity index (χ1v) is 8.40. The lowest BCUT2D eigenvalue weighted by atomic mass is 10.1. The highest BCUT2D eigenvalue weighted by Crippen LogP contribution is 2.31. The van der Waals surface area contributed by atoms with Crippen LogP contribution in [0.25, 0.3) is 0 Å². The Morgan fingerprint density at radius 1 is 1.04 bits per heavy atom. The molecular weight excluding hydrogens is 294 g/mol. The quantitative estimate of drug-likeness (QED) is 0.561. The second kappa shape index (κ2) is 9.18. The van der Waals surface area contributed by atoms with Crippen LogP contribution in [0.1, 0.15) is 55.8 Å². The Morgan fingerprint density at radius 3 is 2.61 bits per heavy atom. The minimum Gasteiger partial charge on any atom is -0.486 e. The molecule has 2 rings (SSSR count). The summed E-state index contributed by atoms with van der Waals surface area (Å²) in [5.74, 6) is 1.15. The van der Waals surface area contributed by atoms with Gasteiger partial charge in [-0.25, -0.2) is 0 Å². The van der Waals surface area contributed by atoms with Crippen molar-refractivity contribution < 1.29 is 19.1 Å². The van der Waals surface area contributed by atoms with Gasteiger partial charge in [0.05, 0.1) is 0 Å². The fourth-order valence-electron chi connectivity index (χ4n) is 2.46. The third kappa shape index (κ3) is 5.58. The summed E-state index contributed by atoms with van der Waals surface area (Å²) in [4.78, 5) is 23.9. The van der Waals surface area contributed by atoms with Gasteiger partial charge in [-0.1, -0.05) is 26.2 Å². The van der Waals surface area contributed by atoms with E-state index in [1.165, 1.54) is 12.8 Å². The Kier molecular flexibility index (Phi) is 6.91. The van der Waals surface area contributed by atoms with Crippen molar-refractivity contribution in [1.29, 1.82) is 0 Å². The first kappa shape index (κ1) is 17.3. The van der Waals surface area contributed by atoms with Crippen molar-refractivity contribution in [2.24, 2.45) is 0 Å². The van der Waals surface area contributed by atoms with Crippen molar-refractivity contribution in [3.05, 3.63) is 23.8 Å². The molecule has 0 spiro atoms. The van der Waals surface area contributed by atoms with Gasteiger partial charge in [-0.15, -0.1) is 0 Å². The Morgan fingerprint density at radius 2 is 1.83 bits per heavy atom. The monoisotopic (exact) mass is 319 g/mol. The second-order valence-corrected chi connectivity index (χ2v) is 5.69. The standard InChI is InChI=1S/C18H25NO4/c1-2-3-4-5-10-19-18(21)9-7-15(20)14-6-8-16-17(13-14)23-12-11-22-16/h6,8,13H,2-5,7,9-12H2,1H3,(H,19,21). The molecule has 0 saturated heterocycles. The maximum atomic E-state index is 12.2. The fraction of sp³-hybridized carbons (Fsp3) is 0.556. The van der Waals surface area contributed by atoms with E-state index in [2.05, 4.69) is 12.2 Å². The number of nitrogens with one attached hydrogen (secondary N) is 1. The zero-order chi connectivity index (χ0) is 16.5. The molecule has 0 unspecified atom stereocenters. The van der Waals surface area contributed by atoms with Crippen LogP contribution in [-0.2, 0) is 4.79 Å². The van der Waals surface area contributed by atoms with E-state index < -0.39 is 0 Å². The molecule has 126 valence electrons. The van der Waals surface area contributed by atoms with Crippen LogP contribution in [0.3, 0.4) is 0 Å². The molecule has 0 saturated carbocycles. The van der Waals surface area contributed by atoms with Gasteiger partial charge in [-0.3, -0.25) is 9.59 Å². The zero-order valence-corrected chi connectivity index (χ0v) is 13.7. The average Bonchev–Trinajstić information content (AvgIpc) is 2.59. The van der Waals surface area contributed by atoms with Crippen LogP contribution < -0.4 is 14.8 Å². The average molecular weight is 319 g/mol. The van der Waals surface area contributed by atoms with E-state index in [1.807, 2.05) is 0 Å². The molecule has 0 fully saturated rings. The number of ketones is 1. The van der Waals surface area contributed by atoms with Crippen LogP contribution in [-0.4, -0.2) is 31.4 Å². The minimum absolute atomic E-state index is 0.0527. The summed E-state index contributed by atoms with van der Waals surface area (Å²) in [6, 6.07) is 5.16. The van der Waals surface area contributed by atoms with E-state index in [0.29, 0.717) is 36.8 Å². The van der Waals surface area contributed by atoms with E-state index in [-0.39, 0.29) is 24.5 Å². The molecule has 5 heteroatoms. The predicted molar refractivity (Wildman–Crippen MR) is 88.1 cm³/mol. The van der Waals surface area contributed by atoms with E-state index in [4.69, 9.17) is 9.47 Å². The molecule has 1 aliphatic rings. The molecule has 0 atom stereocenters. The summed E-state index contributed by atoms with van der Waals surface area (Å²) in [5.41, 5.74) is 0.560. The van der Waals surface area contributed by atoms with Crippen molar-refractivity contribution >= 4 is 11.7 Å². The van der Waals surface area contributed by atoms with Crippen molar-refractivity contribution in [3.8, 4) is 11.5 Å². The van der Waals surface area contributed by atoms with Crippen molar-refractivity contribution in [2.45, 2.75) is 45.4 Å². The number of ether oxygens (including phenoxy) is 2. The predicted octanol–water partition coefficient (Wildman–Crippen LogP) is 3.12. The second-order valence-electron chi connectivity index (χ2n) is 5.69. The summed E-state index contributed by atoms with van der Waals surface area (Å²) in [6.07, 6.45) is 4.93. The van der Waals surface area contributed by atoms with Gasteiger partial charge in [0.25, 0.3) is 0 Å². The highest BCUT2D eigenvalue weighted by atomic mass is 16.6. The van der Waals surface area contributed by atoms with Crippen LogP contribution in [0.4, 0.5) is 0 Å². The molecule has 0 aliphatic carbocycles. The third-order valence-electron chi connectivity index (χ3n) is 3.80. The van der Waals surface area contributed by atoms with Crippen LogP contribution in [0, 0.1) is 0 Å². The lowest BCUT2D eigenvalue weighted by Crippen LogP contribution is -2.24. The maximum Gasteiger partial charge on any atom is 0.220 e. The van der Waals surface area contributed by atoms with Crippen molar-refractivity contribution in [2.75, 3.05) is 19.8 Å². The molecule has 1 amide bonds. The van der Waals surface area contributed by atoms with Gasteiger partial charge in [0.1, 0.15) is 13.2 Å². The van der Waals surface area contributed by atoms with E-state index >= 15 is 0 Å². The Bertz CT molecular complexity index is 542. The molecule has 1 heterocycles. The number of carbonyl (C=O) groups is 2. The molecule has 0 bridgehead atoms. The maximum absolute atomic E-state index is 12.2. The lowest BCUT2D eigenvalue weighted by molar-refractivity contribution is -0.121. The van der Waals surface area contributed by atoms with Crippen LogP contribution in [0.15, 0.2) is 18.2 Å². The Labute approximate surface area is 137 Å². The fourth-order valence-corrected chi connectivity index (χ4v) is 2.46. The number of carbonyl (C=O) groups excluding carboxylic acids is 2. The molecule has 5 nitrogen and oxygen atoms in total. The molecule has 1 aromatic rings. The van der Waals surface area contributed by atoms with E-state index in [1.54, 1.807) is 18.2 Å². The highest BCUT2D eigenvalue weighted by Gasteiger charge is 2.15. The summed E-state index contributed by atoms with van der Waals surface area (Å²) in [6.45, 7) is 3.86. The number of hydrogen-bond acceptors (Lipinski definition) is 4.